The normalized spacial score (nSPS) is 15.5. The third-order valence-corrected chi connectivity index (χ3v) is 5.27. The molecule has 0 bridgehead atoms. The van der Waals surface area contributed by atoms with Crippen LogP contribution in [0.15, 0.2) is 47.3 Å². The van der Waals surface area contributed by atoms with Crippen LogP contribution in [0.5, 0.6) is 0 Å². The van der Waals surface area contributed by atoms with Crippen LogP contribution in [0.25, 0.3) is 11.0 Å². The van der Waals surface area contributed by atoms with Gasteiger partial charge in [-0.05, 0) is 49.6 Å². The zero-order valence-electron chi connectivity index (χ0n) is 14.7. The second-order valence-corrected chi connectivity index (χ2v) is 6.91. The Labute approximate surface area is 151 Å². The van der Waals surface area contributed by atoms with E-state index in [0.29, 0.717) is 24.3 Å². The Bertz CT molecular complexity index is 1030. The fourth-order valence-corrected chi connectivity index (χ4v) is 3.72. The van der Waals surface area contributed by atoms with Crippen LogP contribution in [0.3, 0.4) is 0 Å². The third kappa shape index (κ3) is 2.77. The predicted octanol–water partition coefficient (Wildman–Crippen LogP) is 2.70. The molecule has 6 heteroatoms. The van der Waals surface area contributed by atoms with Gasteiger partial charge in [0, 0.05) is 30.4 Å². The highest BCUT2D eigenvalue weighted by Gasteiger charge is 2.26. The highest BCUT2D eigenvalue weighted by molar-refractivity contribution is 5.95. The van der Waals surface area contributed by atoms with Gasteiger partial charge in [0.15, 0.2) is 0 Å². The van der Waals surface area contributed by atoms with Gasteiger partial charge in [0.25, 0.3) is 5.91 Å². The SMILES string of the molecule is Cc1ccc(C(=O)N2CCC(n3c(=O)[nH]c4ccccc43)CC2)cc1N. The molecule has 1 aliphatic rings. The number of rotatable bonds is 2. The Morgan fingerprint density at radius 3 is 2.62 bits per heavy atom. The topological polar surface area (TPSA) is 84.1 Å². The number of hydrogen-bond donors (Lipinski definition) is 2. The van der Waals surface area contributed by atoms with Crippen molar-refractivity contribution in [2.45, 2.75) is 25.8 Å². The molecule has 0 saturated carbocycles. The number of carbonyl (C=O) groups excluding carboxylic acids is 1. The molecule has 0 atom stereocenters. The molecule has 6 nitrogen and oxygen atoms in total. The number of para-hydroxylation sites is 2. The van der Waals surface area contributed by atoms with E-state index in [1.54, 1.807) is 6.07 Å². The van der Waals surface area contributed by atoms with Crippen molar-refractivity contribution < 1.29 is 4.79 Å². The summed E-state index contributed by atoms with van der Waals surface area (Å²) in [6.45, 7) is 3.18. The molecule has 1 amide bonds. The first-order chi connectivity index (χ1) is 12.5. The summed E-state index contributed by atoms with van der Waals surface area (Å²) < 4.78 is 1.83. The molecule has 134 valence electrons. The number of aromatic amines is 1. The molecule has 2 aromatic carbocycles. The molecule has 0 aliphatic carbocycles. The predicted molar refractivity (Wildman–Crippen MR) is 102 cm³/mol. The summed E-state index contributed by atoms with van der Waals surface area (Å²) in [6, 6.07) is 13.3. The fourth-order valence-electron chi connectivity index (χ4n) is 3.72. The molecule has 2 heterocycles. The number of piperidine rings is 1. The van der Waals surface area contributed by atoms with Crippen molar-refractivity contribution in [3.05, 3.63) is 64.1 Å². The molecule has 4 rings (SSSR count). The summed E-state index contributed by atoms with van der Waals surface area (Å²) in [5, 5.41) is 0. The third-order valence-electron chi connectivity index (χ3n) is 5.27. The number of aromatic nitrogens is 2. The summed E-state index contributed by atoms with van der Waals surface area (Å²) >= 11 is 0. The Balaban J connectivity index is 1.52. The van der Waals surface area contributed by atoms with Crippen molar-refractivity contribution in [3.63, 3.8) is 0 Å². The van der Waals surface area contributed by atoms with Crippen LogP contribution in [0.4, 0.5) is 5.69 Å². The fraction of sp³-hybridized carbons (Fsp3) is 0.300. The van der Waals surface area contributed by atoms with Crippen LogP contribution in [0.1, 0.15) is 34.8 Å². The van der Waals surface area contributed by atoms with Crippen molar-refractivity contribution in [1.29, 1.82) is 0 Å². The van der Waals surface area contributed by atoms with Crippen molar-refractivity contribution >= 4 is 22.6 Å². The van der Waals surface area contributed by atoms with E-state index in [1.807, 2.05) is 52.8 Å². The molecular formula is C20H22N4O2. The van der Waals surface area contributed by atoms with Crippen molar-refractivity contribution in [2.75, 3.05) is 18.8 Å². The zero-order valence-corrected chi connectivity index (χ0v) is 14.7. The number of nitrogens with zero attached hydrogens (tertiary/aromatic N) is 2. The van der Waals surface area contributed by atoms with E-state index < -0.39 is 0 Å². The zero-order chi connectivity index (χ0) is 18.3. The van der Waals surface area contributed by atoms with Gasteiger partial charge in [-0.1, -0.05) is 18.2 Å². The average molecular weight is 350 g/mol. The number of benzene rings is 2. The number of likely N-dealkylation sites (tertiary alicyclic amines) is 1. The number of carbonyl (C=O) groups is 1. The standard InChI is InChI=1S/C20H22N4O2/c1-13-6-7-14(12-16(13)21)19(25)23-10-8-15(9-11-23)24-18-5-3-2-4-17(18)22-20(24)26/h2-7,12,15H,8-11,21H2,1H3,(H,22,26). The number of nitrogen functional groups attached to an aromatic ring is 1. The van der Waals surface area contributed by atoms with Crippen LogP contribution in [-0.2, 0) is 0 Å². The van der Waals surface area contributed by atoms with Crippen molar-refractivity contribution in [2.24, 2.45) is 0 Å². The monoisotopic (exact) mass is 350 g/mol. The lowest BCUT2D eigenvalue weighted by Gasteiger charge is -2.32. The average Bonchev–Trinajstić information content (AvgIpc) is 2.99. The molecule has 0 radical (unpaired) electrons. The van der Waals surface area contributed by atoms with Gasteiger partial charge in [-0.3, -0.25) is 9.36 Å². The van der Waals surface area contributed by atoms with Gasteiger partial charge >= 0.3 is 5.69 Å². The summed E-state index contributed by atoms with van der Waals surface area (Å²) in [7, 11) is 0. The Kier molecular flexibility index (Phi) is 4.03. The van der Waals surface area contributed by atoms with Crippen LogP contribution in [-0.4, -0.2) is 33.4 Å². The number of amides is 1. The molecule has 1 aromatic heterocycles. The second-order valence-electron chi connectivity index (χ2n) is 6.91. The molecule has 1 saturated heterocycles. The van der Waals surface area contributed by atoms with Gasteiger partial charge in [-0.15, -0.1) is 0 Å². The molecule has 0 unspecified atom stereocenters. The molecule has 3 N–H and O–H groups in total. The molecule has 3 aromatic rings. The molecule has 1 fully saturated rings. The van der Waals surface area contributed by atoms with Gasteiger partial charge in [0.05, 0.1) is 11.0 Å². The Hall–Kier alpha value is -3.02. The largest absolute Gasteiger partial charge is 0.398 e. The number of H-pyrrole nitrogens is 1. The maximum absolute atomic E-state index is 12.7. The summed E-state index contributed by atoms with van der Waals surface area (Å²) in [4.78, 5) is 29.8. The van der Waals surface area contributed by atoms with E-state index >= 15 is 0 Å². The summed E-state index contributed by atoms with van der Waals surface area (Å²) in [5.74, 6) is 0.00132. The number of hydrogen-bond acceptors (Lipinski definition) is 3. The van der Waals surface area contributed by atoms with Gasteiger partial charge in [-0.2, -0.15) is 0 Å². The van der Waals surface area contributed by atoms with E-state index in [-0.39, 0.29) is 17.6 Å². The lowest BCUT2D eigenvalue weighted by Crippen LogP contribution is -2.40. The minimum Gasteiger partial charge on any atom is -0.398 e. The highest BCUT2D eigenvalue weighted by Crippen LogP contribution is 2.26. The van der Waals surface area contributed by atoms with Crippen LogP contribution in [0, 0.1) is 6.92 Å². The molecule has 0 spiro atoms. The van der Waals surface area contributed by atoms with E-state index in [2.05, 4.69) is 4.98 Å². The quantitative estimate of drug-likeness (QED) is 0.697. The number of nitrogens with one attached hydrogen (secondary N) is 1. The minimum absolute atomic E-state index is 0.00132. The van der Waals surface area contributed by atoms with Crippen molar-refractivity contribution in [3.8, 4) is 0 Å². The van der Waals surface area contributed by atoms with Gasteiger partial charge in [0.1, 0.15) is 0 Å². The van der Waals surface area contributed by atoms with E-state index in [9.17, 15) is 9.59 Å². The lowest BCUT2D eigenvalue weighted by molar-refractivity contribution is 0.0695. The van der Waals surface area contributed by atoms with E-state index in [1.165, 1.54) is 0 Å². The van der Waals surface area contributed by atoms with Gasteiger partial charge < -0.3 is 15.6 Å². The molecular weight excluding hydrogens is 328 g/mol. The molecule has 1 aliphatic heterocycles. The maximum Gasteiger partial charge on any atom is 0.326 e. The van der Waals surface area contributed by atoms with Gasteiger partial charge in [-0.25, -0.2) is 4.79 Å². The number of nitrogens with two attached hydrogens (primary N) is 1. The first-order valence-corrected chi connectivity index (χ1v) is 8.89. The summed E-state index contributed by atoms with van der Waals surface area (Å²) in [6.07, 6.45) is 1.52. The van der Waals surface area contributed by atoms with E-state index in [4.69, 9.17) is 5.73 Å². The summed E-state index contributed by atoms with van der Waals surface area (Å²) in [5.41, 5.74) is 9.86. The second kappa shape index (κ2) is 6.37. The van der Waals surface area contributed by atoms with Crippen molar-refractivity contribution in [1.82, 2.24) is 14.5 Å². The van der Waals surface area contributed by atoms with Gasteiger partial charge in [0.2, 0.25) is 0 Å². The van der Waals surface area contributed by atoms with E-state index in [0.717, 1.165) is 29.4 Å². The number of anilines is 1. The Morgan fingerprint density at radius 1 is 1.15 bits per heavy atom. The van der Waals surface area contributed by atoms with Crippen LogP contribution < -0.4 is 11.4 Å². The minimum atomic E-state index is -0.0812. The molecule has 26 heavy (non-hydrogen) atoms. The van der Waals surface area contributed by atoms with Crippen LogP contribution >= 0.6 is 0 Å². The highest BCUT2D eigenvalue weighted by atomic mass is 16.2. The number of aryl methyl sites for hydroxylation is 1. The lowest BCUT2D eigenvalue weighted by atomic mass is 10.0. The first kappa shape index (κ1) is 16.4. The first-order valence-electron chi connectivity index (χ1n) is 8.89. The van der Waals surface area contributed by atoms with Crippen LogP contribution in [0.2, 0.25) is 0 Å². The number of fused-ring (bicyclic) bond motifs is 1. The Morgan fingerprint density at radius 2 is 1.88 bits per heavy atom. The smallest absolute Gasteiger partial charge is 0.326 e. The number of imidazole rings is 1. The maximum atomic E-state index is 12.7.